The minimum absolute atomic E-state index is 0.343. The number of benzene rings is 1. The van der Waals surface area contributed by atoms with Crippen molar-refractivity contribution in [2.45, 2.75) is 52.0 Å². The van der Waals surface area contributed by atoms with Crippen LogP contribution in [0.15, 0.2) is 53.8 Å². The van der Waals surface area contributed by atoms with Gasteiger partial charge in [0, 0.05) is 25.0 Å². The van der Waals surface area contributed by atoms with E-state index in [1.165, 1.54) is 23.3 Å². The predicted octanol–water partition coefficient (Wildman–Crippen LogP) is 4.17. The Morgan fingerprint density at radius 1 is 1.14 bits per heavy atom. The van der Waals surface area contributed by atoms with Gasteiger partial charge in [-0.1, -0.05) is 38.1 Å². The zero-order valence-electron chi connectivity index (χ0n) is 17.7. The van der Waals surface area contributed by atoms with Crippen molar-refractivity contribution in [3.8, 4) is 0 Å². The Balaban J connectivity index is 1.53. The van der Waals surface area contributed by atoms with E-state index in [0.717, 1.165) is 56.7 Å². The zero-order chi connectivity index (χ0) is 20.0. The minimum atomic E-state index is 0.343. The molecule has 1 heterocycles. The van der Waals surface area contributed by atoms with E-state index in [1.807, 2.05) is 6.20 Å². The predicted molar refractivity (Wildman–Crippen MR) is 121 cm³/mol. The van der Waals surface area contributed by atoms with Gasteiger partial charge in [-0.25, -0.2) is 0 Å². The molecule has 3 rings (SSSR count). The summed E-state index contributed by atoms with van der Waals surface area (Å²) < 4.78 is 0. The van der Waals surface area contributed by atoms with Crippen molar-refractivity contribution in [3.05, 3.63) is 59.3 Å². The van der Waals surface area contributed by atoms with Gasteiger partial charge >= 0.3 is 0 Å². The van der Waals surface area contributed by atoms with Gasteiger partial charge in [0.1, 0.15) is 0 Å². The molecule has 0 bridgehead atoms. The van der Waals surface area contributed by atoms with Crippen LogP contribution >= 0.6 is 0 Å². The van der Waals surface area contributed by atoms with Crippen LogP contribution in [-0.4, -0.2) is 31.7 Å². The van der Waals surface area contributed by atoms with Crippen LogP contribution in [0.3, 0.4) is 0 Å². The Bertz CT molecular complexity index is 744. The summed E-state index contributed by atoms with van der Waals surface area (Å²) in [5, 5.41) is 6.83. The van der Waals surface area contributed by atoms with Crippen LogP contribution in [0.4, 0.5) is 5.69 Å². The summed E-state index contributed by atoms with van der Waals surface area (Å²) in [4.78, 5) is 2.45. The standard InChI is InChI=1S/C24H36N4/c1-4-24(3)18-28(24)22-12-10-20(11-13-22)23(25)17-27-16-21-9-7-6-8-19(21)14-15-26-5-2/h8-13,17,26-27H,4-7,14-16,18,25H2,1-3H3/b23-17-. The van der Waals surface area contributed by atoms with Crippen LogP contribution in [0.5, 0.6) is 0 Å². The summed E-state index contributed by atoms with van der Waals surface area (Å²) in [6, 6.07) is 8.61. The molecule has 1 aromatic rings. The average Bonchev–Trinajstić information content (AvgIpc) is 3.41. The molecule has 0 radical (unpaired) electrons. The van der Waals surface area contributed by atoms with Crippen molar-refractivity contribution in [1.82, 2.24) is 10.6 Å². The second kappa shape index (κ2) is 9.33. The SMILES string of the molecule is CCNCCC1=CCCC=C1CN/C=C(\N)c1ccc(N2CC2(C)CC)cc1. The van der Waals surface area contributed by atoms with E-state index in [-0.39, 0.29) is 0 Å². The maximum absolute atomic E-state index is 6.31. The first-order chi connectivity index (χ1) is 13.6. The Kier molecular flexibility index (Phi) is 6.84. The Morgan fingerprint density at radius 2 is 1.86 bits per heavy atom. The molecule has 4 N–H and O–H groups in total. The third-order valence-corrected chi connectivity index (χ3v) is 6.05. The number of rotatable bonds is 10. The number of nitrogens with two attached hydrogens (primary N) is 1. The summed E-state index contributed by atoms with van der Waals surface area (Å²) in [5.74, 6) is 0. The fourth-order valence-electron chi connectivity index (χ4n) is 3.82. The average molecular weight is 381 g/mol. The van der Waals surface area contributed by atoms with Crippen molar-refractivity contribution >= 4 is 11.4 Å². The Hall–Kier alpha value is -2.20. The van der Waals surface area contributed by atoms with Gasteiger partial charge in [-0.2, -0.15) is 0 Å². The number of nitrogens with zero attached hydrogens (tertiary/aromatic N) is 1. The molecule has 4 nitrogen and oxygen atoms in total. The molecule has 1 aliphatic carbocycles. The Labute approximate surface area is 170 Å². The number of nitrogens with one attached hydrogen (secondary N) is 2. The highest BCUT2D eigenvalue weighted by molar-refractivity contribution is 5.66. The first-order valence-corrected chi connectivity index (χ1v) is 10.7. The van der Waals surface area contributed by atoms with Crippen molar-refractivity contribution in [1.29, 1.82) is 0 Å². The molecule has 0 aromatic heterocycles. The molecule has 0 amide bonds. The smallest absolute Gasteiger partial charge is 0.0547 e. The van der Waals surface area contributed by atoms with E-state index in [2.05, 4.69) is 72.7 Å². The molecule has 2 aliphatic rings. The first kappa shape index (κ1) is 20.5. The lowest BCUT2D eigenvalue weighted by atomic mass is 9.95. The Morgan fingerprint density at radius 3 is 2.50 bits per heavy atom. The maximum Gasteiger partial charge on any atom is 0.0547 e. The molecule has 28 heavy (non-hydrogen) atoms. The molecule has 1 aromatic carbocycles. The third kappa shape index (κ3) is 4.99. The van der Waals surface area contributed by atoms with Crippen molar-refractivity contribution in [2.75, 3.05) is 31.1 Å². The lowest BCUT2D eigenvalue weighted by Gasteiger charge is -2.17. The van der Waals surface area contributed by atoms with Gasteiger partial charge in [0.05, 0.1) is 11.2 Å². The van der Waals surface area contributed by atoms with Gasteiger partial charge in [-0.15, -0.1) is 0 Å². The highest BCUT2D eigenvalue weighted by Crippen LogP contribution is 2.40. The number of hydrogen-bond acceptors (Lipinski definition) is 4. The number of hydrogen-bond donors (Lipinski definition) is 3. The highest BCUT2D eigenvalue weighted by atomic mass is 15.4. The second-order valence-corrected chi connectivity index (χ2v) is 8.10. The molecular weight excluding hydrogens is 344 g/mol. The summed E-state index contributed by atoms with van der Waals surface area (Å²) in [6.45, 7) is 10.8. The van der Waals surface area contributed by atoms with E-state index in [4.69, 9.17) is 5.73 Å². The molecule has 1 aliphatic heterocycles. The van der Waals surface area contributed by atoms with E-state index in [0.29, 0.717) is 5.54 Å². The summed E-state index contributed by atoms with van der Waals surface area (Å²) in [5.41, 5.74) is 12.7. The normalized spacial score (nSPS) is 22.0. The van der Waals surface area contributed by atoms with Gasteiger partial charge < -0.3 is 21.3 Å². The monoisotopic (exact) mass is 380 g/mol. The lowest BCUT2D eigenvalue weighted by molar-refractivity contribution is 0.694. The van der Waals surface area contributed by atoms with Crippen LogP contribution < -0.4 is 21.3 Å². The third-order valence-electron chi connectivity index (χ3n) is 6.05. The van der Waals surface area contributed by atoms with Crippen molar-refractivity contribution in [2.24, 2.45) is 5.73 Å². The minimum Gasteiger partial charge on any atom is -0.397 e. The van der Waals surface area contributed by atoms with E-state index in [9.17, 15) is 0 Å². The van der Waals surface area contributed by atoms with E-state index in [1.54, 1.807) is 0 Å². The highest BCUT2D eigenvalue weighted by Gasteiger charge is 2.45. The van der Waals surface area contributed by atoms with Crippen LogP contribution in [-0.2, 0) is 0 Å². The van der Waals surface area contributed by atoms with Gasteiger partial charge in [0.25, 0.3) is 0 Å². The molecule has 1 atom stereocenters. The van der Waals surface area contributed by atoms with E-state index < -0.39 is 0 Å². The van der Waals surface area contributed by atoms with Gasteiger partial charge in [0.2, 0.25) is 0 Å². The fourth-order valence-corrected chi connectivity index (χ4v) is 3.82. The molecule has 1 saturated heterocycles. The molecule has 1 fully saturated rings. The molecule has 1 unspecified atom stereocenters. The van der Waals surface area contributed by atoms with Gasteiger partial charge in [-0.3, -0.25) is 0 Å². The topological polar surface area (TPSA) is 53.1 Å². The van der Waals surface area contributed by atoms with Crippen LogP contribution in [0, 0.1) is 0 Å². The maximum atomic E-state index is 6.31. The van der Waals surface area contributed by atoms with Crippen molar-refractivity contribution < 1.29 is 0 Å². The largest absolute Gasteiger partial charge is 0.397 e. The number of anilines is 1. The van der Waals surface area contributed by atoms with Gasteiger partial charge in [0.15, 0.2) is 0 Å². The quantitative estimate of drug-likeness (QED) is 0.421. The summed E-state index contributed by atoms with van der Waals surface area (Å²) in [7, 11) is 0. The first-order valence-electron chi connectivity index (χ1n) is 10.7. The second-order valence-electron chi connectivity index (χ2n) is 8.10. The zero-order valence-corrected chi connectivity index (χ0v) is 17.7. The van der Waals surface area contributed by atoms with Crippen LogP contribution in [0.25, 0.3) is 5.70 Å². The summed E-state index contributed by atoms with van der Waals surface area (Å²) in [6.07, 6.45) is 11.3. The molecular formula is C24H36N4. The van der Waals surface area contributed by atoms with Gasteiger partial charge in [-0.05, 0) is 74.5 Å². The molecule has 0 spiro atoms. The van der Waals surface area contributed by atoms with Crippen LogP contribution in [0.1, 0.15) is 52.0 Å². The summed E-state index contributed by atoms with van der Waals surface area (Å²) >= 11 is 0. The number of allylic oxidation sites excluding steroid dienone is 2. The van der Waals surface area contributed by atoms with Crippen molar-refractivity contribution in [3.63, 3.8) is 0 Å². The lowest BCUT2D eigenvalue weighted by Crippen LogP contribution is -2.19. The molecule has 152 valence electrons. The van der Waals surface area contributed by atoms with Crippen LogP contribution in [0.2, 0.25) is 0 Å². The van der Waals surface area contributed by atoms with E-state index >= 15 is 0 Å². The fraction of sp³-hybridized carbons (Fsp3) is 0.500. The molecule has 4 heteroatoms. The molecule has 0 saturated carbocycles.